The van der Waals surface area contributed by atoms with E-state index in [2.05, 4.69) is 40.1 Å². The number of pyridine rings is 1. The van der Waals surface area contributed by atoms with E-state index < -0.39 is 35.1 Å². The summed E-state index contributed by atoms with van der Waals surface area (Å²) >= 11 is 0. The Morgan fingerprint density at radius 3 is 2.37 bits per heavy atom. The first-order chi connectivity index (χ1) is 21.6. The van der Waals surface area contributed by atoms with Gasteiger partial charge in [0, 0.05) is 31.7 Å². The van der Waals surface area contributed by atoms with Gasteiger partial charge in [-0.05, 0) is 87.7 Å². The maximum atomic E-state index is 13.5. The molecule has 13 heteroatoms. The summed E-state index contributed by atoms with van der Waals surface area (Å²) in [6.45, 7) is 8.05. The summed E-state index contributed by atoms with van der Waals surface area (Å²) in [6.07, 6.45) is 8.88. The van der Waals surface area contributed by atoms with Crippen molar-refractivity contribution in [3.63, 3.8) is 0 Å². The minimum absolute atomic E-state index is 0.0823. The van der Waals surface area contributed by atoms with E-state index in [1.165, 1.54) is 47.0 Å². The topological polar surface area (TPSA) is 173 Å². The van der Waals surface area contributed by atoms with E-state index in [1.54, 1.807) is 27.0 Å². The molecule has 2 unspecified atom stereocenters. The normalized spacial score (nSPS) is 26.7. The van der Waals surface area contributed by atoms with E-state index in [-0.39, 0.29) is 59.6 Å². The number of carbonyl (C=O) groups excluding carboxylic acids is 5. The van der Waals surface area contributed by atoms with E-state index in [0.717, 1.165) is 19.3 Å². The lowest BCUT2D eigenvalue weighted by atomic mass is 9.43. The molecule has 4 N–H and O–H groups in total. The molecule has 6 rings (SSSR count). The highest BCUT2D eigenvalue weighted by molar-refractivity contribution is 6.36. The van der Waals surface area contributed by atoms with E-state index in [0.29, 0.717) is 11.6 Å². The van der Waals surface area contributed by atoms with Crippen molar-refractivity contribution in [3.8, 4) is 0 Å². The molecule has 4 bridgehead atoms. The molecular formula is C33H45N7O6. The third-order valence-electron chi connectivity index (χ3n) is 9.83. The Morgan fingerprint density at radius 2 is 1.76 bits per heavy atom. The number of amides is 4. The van der Waals surface area contributed by atoms with Crippen LogP contribution in [0.25, 0.3) is 0 Å². The molecule has 0 saturated heterocycles. The highest BCUT2D eigenvalue weighted by atomic mass is 16.2. The van der Waals surface area contributed by atoms with Gasteiger partial charge in [0.1, 0.15) is 24.0 Å². The van der Waals surface area contributed by atoms with Crippen molar-refractivity contribution in [2.24, 2.45) is 23.8 Å². The Balaban J connectivity index is 1.28. The third kappa shape index (κ3) is 6.92. The molecule has 4 amide bonds. The molecule has 13 nitrogen and oxygen atoms in total. The fourth-order valence-corrected chi connectivity index (χ4v) is 9.07. The van der Waals surface area contributed by atoms with Gasteiger partial charge < -0.3 is 30.4 Å². The first-order valence-electron chi connectivity index (χ1n) is 16.0. The molecule has 4 aliphatic carbocycles. The summed E-state index contributed by atoms with van der Waals surface area (Å²) in [6, 6.07) is 1.72. The molecule has 4 saturated carbocycles. The number of hydrogen-bond acceptors (Lipinski definition) is 7. The van der Waals surface area contributed by atoms with E-state index in [4.69, 9.17) is 0 Å². The first-order valence-corrected chi connectivity index (χ1v) is 16.0. The van der Waals surface area contributed by atoms with Gasteiger partial charge in [0.05, 0.1) is 12.0 Å². The number of imidazole rings is 1. The minimum atomic E-state index is -1.25. The molecule has 248 valence electrons. The summed E-state index contributed by atoms with van der Waals surface area (Å²) < 4.78 is 2.75. The molecule has 46 heavy (non-hydrogen) atoms. The molecule has 0 aliphatic heterocycles. The molecule has 0 spiro atoms. The van der Waals surface area contributed by atoms with Crippen LogP contribution in [0.4, 0.5) is 5.69 Å². The fourth-order valence-electron chi connectivity index (χ4n) is 9.07. The van der Waals surface area contributed by atoms with Gasteiger partial charge in [0.15, 0.2) is 0 Å². The van der Waals surface area contributed by atoms with Crippen molar-refractivity contribution in [1.29, 1.82) is 0 Å². The largest absolute Gasteiger partial charge is 0.350 e. The van der Waals surface area contributed by atoms with Crippen LogP contribution in [0, 0.1) is 23.7 Å². The average Bonchev–Trinajstić information content (AvgIpc) is 3.28. The second-order valence-electron chi connectivity index (χ2n) is 14.4. The monoisotopic (exact) mass is 635 g/mol. The van der Waals surface area contributed by atoms with E-state index in [9.17, 15) is 28.8 Å². The van der Waals surface area contributed by atoms with Crippen molar-refractivity contribution in [2.45, 2.75) is 97.2 Å². The molecule has 3 atom stereocenters. The second kappa shape index (κ2) is 12.5. The average molecular weight is 636 g/mol. The predicted octanol–water partition coefficient (Wildman–Crippen LogP) is 1.98. The third-order valence-corrected chi connectivity index (χ3v) is 9.83. The maximum Gasteiger partial charge on any atom is 0.287 e. The molecule has 2 aromatic heterocycles. The number of hydrogen-bond donors (Lipinski definition) is 4. The van der Waals surface area contributed by atoms with Crippen molar-refractivity contribution < 1.29 is 24.0 Å². The number of aryl methyl sites for hydroxylation is 2. The van der Waals surface area contributed by atoms with Crippen LogP contribution in [0.5, 0.6) is 0 Å². The van der Waals surface area contributed by atoms with Gasteiger partial charge in [-0.15, -0.1) is 0 Å². The van der Waals surface area contributed by atoms with Crippen LogP contribution in [-0.2, 0) is 32.8 Å². The van der Waals surface area contributed by atoms with Crippen molar-refractivity contribution in [2.75, 3.05) is 11.9 Å². The number of rotatable bonds is 12. The first kappa shape index (κ1) is 33.1. The van der Waals surface area contributed by atoms with Crippen LogP contribution < -0.4 is 26.8 Å². The lowest BCUT2D eigenvalue weighted by Crippen LogP contribution is -2.65. The predicted molar refractivity (Wildman–Crippen MR) is 170 cm³/mol. The van der Waals surface area contributed by atoms with E-state index in [1.807, 2.05) is 0 Å². The molecule has 4 aliphatic rings. The summed E-state index contributed by atoms with van der Waals surface area (Å²) in [7, 11) is 1.63. The molecule has 2 heterocycles. The number of Topliss-reactive ketones (excluding diaryl/α,β-unsaturated/α-hetero) is 1. The van der Waals surface area contributed by atoms with Crippen LogP contribution in [0.15, 0.2) is 29.5 Å². The van der Waals surface area contributed by atoms with Crippen LogP contribution in [0.3, 0.4) is 0 Å². The van der Waals surface area contributed by atoms with Crippen LogP contribution in [0.2, 0.25) is 0 Å². The Hall–Kier alpha value is -4.29. The summed E-state index contributed by atoms with van der Waals surface area (Å²) in [4.78, 5) is 81.8. The quantitative estimate of drug-likeness (QED) is 0.258. The van der Waals surface area contributed by atoms with Crippen LogP contribution in [-0.4, -0.2) is 61.7 Å². The molecule has 4 fully saturated rings. The number of anilines is 1. The van der Waals surface area contributed by atoms with Gasteiger partial charge in [-0.25, -0.2) is 4.98 Å². The number of carbonyl (C=O) groups is 5. The van der Waals surface area contributed by atoms with Gasteiger partial charge in [0.2, 0.25) is 17.6 Å². The summed E-state index contributed by atoms with van der Waals surface area (Å²) in [5.41, 5.74) is 0.172. The molecule has 0 radical (unpaired) electrons. The van der Waals surface area contributed by atoms with Crippen LogP contribution in [0.1, 0.15) is 88.3 Å². The second-order valence-corrected chi connectivity index (χ2v) is 14.4. The van der Waals surface area contributed by atoms with Crippen molar-refractivity contribution in [1.82, 2.24) is 30.1 Å². The fraction of sp³-hybridized carbons (Fsp3) is 0.606. The highest BCUT2D eigenvalue weighted by Crippen LogP contribution is 2.66. The summed E-state index contributed by atoms with van der Waals surface area (Å²) in [5.74, 6) is -2.51. The Kier molecular flexibility index (Phi) is 8.98. The molecule has 2 aromatic rings. The van der Waals surface area contributed by atoms with Crippen molar-refractivity contribution in [3.05, 3.63) is 46.4 Å². The smallest absolute Gasteiger partial charge is 0.287 e. The van der Waals surface area contributed by atoms with Gasteiger partial charge in [-0.3, -0.25) is 28.8 Å². The Morgan fingerprint density at radius 1 is 1.07 bits per heavy atom. The number of nitrogens with one attached hydrogen (secondary N) is 4. The number of likely N-dealkylation sites (N-methyl/N-ethyl adjacent to an activating group) is 1. The number of aromatic nitrogens is 3. The lowest BCUT2D eigenvalue weighted by Gasteiger charge is -2.65. The van der Waals surface area contributed by atoms with Gasteiger partial charge in [-0.1, -0.05) is 13.8 Å². The Labute approximate surface area is 268 Å². The zero-order valence-corrected chi connectivity index (χ0v) is 27.3. The Bertz CT molecular complexity index is 1590. The van der Waals surface area contributed by atoms with Gasteiger partial charge in [0.25, 0.3) is 17.4 Å². The molecule has 0 aromatic carbocycles. The lowest BCUT2D eigenvalue weighted by molar-refractivity contribution is -0.140. The zero-order chi connectivity index (χ0) is 33.4. The SMILES string of the molecule is CCNC(=O)C(=O)CC[C@H](NC(=O)c1c(C)ncn1C)C(=O)Nc1cccn(CC(=O)NC23CC4CC(C)(CC(C)(C4)C2)C3)c1=O. The molecular weight excluding hydrogens is 590 g/mol. The van der Waals surface area contributed by atoms with Gasteiger partial charge in [-0.2, -0.15) is 0 Å². The van der Waals surface area contributed by atoms with Gasteiger partial charge >= 0.3 is 0 Å². The standard InChI is InChI=1S/C33H45N7O6/c1-6-34-28(44)24(41)10-9-22(36-29(45)26-20(2)35-19-39(26)5)27(43)37-23-8-7-11-40(30(23)46)15-25(42)38-33-14-21-12-31(3,17-33)16-32(4,13-21)18-33/h7-8,11,19,21-22H,6,9-10,12-18H2,1-5H3,(H,34,44)(H,36,45)(H,37,43)(H,38,42)/t21?,22-,31?,32?,33?/m0/s1. The zero-order valence-electron chi connectivity index (χ0n) is 27.3. The van der Waals surface area contributed by atoms with Crippen molar-refractivity contribution >= 4 is 35.1 Å². The number of ketones is 1. The summed E-state index contributed by atoms with van der Waals surface area (Å²) in [5, 5.41) is 10.9. The van der Waals surface area contributed by atoms with E-state index >= 15 is 0 Å². The van der Waals surface area contributed by atoms with Crippen LogP contribution >= 0.6 is 0 Å². The number of nitrogens with zero attached hydrogens (tertiary/aromatic N) is 3. The maximum absolute atomic E-state index is 13.5. The highest BCUT2D eigenvalue weighted by Gasteiger charge is 2.60. The minimum Gasteiger partial charge on any atom is -0.350 e.